The van der Waals surface area contributed by atoms with Gasteiger partial charge in [0.2, 0.25) is 0 Å². The van der Waals surface area contributed by atoms with Crippen molar-refractivity contribution in [3.63, 3.8) is 0 Å². The number of nitrogens with one attached hydrogen (secondary N) is 1. The third-order valence-electron chi connectivity index (χ3n) is 1.62. The molecule has 3 heteroatoms. The predicted octanol–water partition coefficient (Wildman–Crippen LogP) is 2.73. The van der Waals surface area contributed by atoms with E-state index >= 15 is 0 Å². The van der Waals surface area contributed by atoms with E-state index in [9.17, 15) is 0 Å². The third kappa shape index (κ3) is 1.34. The summed E-state index contributed by atoms with van der Waals surface area (Å²) in [6.45, 7) is 0. The molecular formula is C9H7ClN2. The lowest BCUT2D eigenvalue weighted by Crippen LogP contribution is -1.75. The first-order valence-electron chi connectivity index (χ1n) is 3.62. The number of hydrogen-bond donors (Lipinski definition) is 1. The average Bonchev–Trinajstić information content (AvgIpc) is 2.54. The number of benzene rings is 1. The second-order valence-electron chi connectivity index (χ2n) is 2.47. The highest BCUT2D eigenvalue weighted by Crippen LogP contribution is 2.18. The fraction of sp³-hybridized carbons (Fsp3) is 0. The molecule has 1 N–H and O–H groups in total. The van der Waals surface area contributed by atoms with E-state index < -0.39 is 0 Å². The van der Waals surface area contributed by atoms with Gasteiger partial charge in [-0.3, -0.25) is 5.10 Å². The SMILES string of the molecule is Clc1cc(-c2ccccc2)n[nH]1. The minimum Gasteiger partial charge on any atom is -0.267 e. The number of halogens is 1. The highest BCUT2D eigenvalue weighted by atomic mass is 35.5. The van der Waals surface area contributed by atoms with E-state index in [1.165, 1.54) is 0 Å². The second kappa shape index (κ2) is 2.99. The molecule has 2 rings (SSSR count). The molecule has 0 aliphatic rings. The van der Waals surface area contributed by atoms with Crippen LogP contribution in [0.4, 0.5) is 0 Å². The van der Waals surface area contributed by atoms with Crippen LogP contribution in [0.5, 0.6) is 0 Å². The first-order chi connectivity index (χ1) is 5.86. The molecule has 0 amide bonds. The summed E-state index contributed by atoms with van der Waals surface area (Å²) >= 11 is 5.69. The number of nitrogens with zero attached hydrogens (tertiary/aromatic N) is 1. The molecule has 0 aliphatic heterocycles. The van der Waals surface area contributed by atoms with Crippen molar-refractivity contribution in [1.29, 1.82) is 0 Å². The first kappa shape index (κ1) is 7.37. The van der Waals surface area contributed by atoms with Crippen molar-refractivity contribution in [2.45, 2.75) is 0 Å². The largest absolute Gasteiger partial charge is 0.267 e. The monoisotopic (exact) mass is 178 g/mol. The highest BCUT2D eigenvalue weighted by molar-refractivity contribution is 6.29. The van der Waals surface area contributed by atoms with Gasteiger partial charge >= 0.3 is 0 Å². The molecule has 0 bridgehead atoms. The van der Waals surface area contributed by atoms with Gasteiger partial charge in [0.15, 0.2) is 0 Å². The zero-order valence-corrected chi connectivity index (χ0v) is 7.05. The topological polar surface area (TPSA) is 28.7 Å². The van der Waals surface area contributed by atoms with Crippen LogP contribution < -0.4 is 0 Å². The number of hydrogen-bond acceptors (Lipinski definition) is 1. The fourth-order valence-corrected chi connectivity index (χ4v) is 1.20. The Hall–Kier alpha value is -1.28. The molecular weight excluding hydrogens is 172 g/mol. The standard InChI is InChI=1S/C9H7ClN2/c10-9-6-8(11-12-9)7-4-2-1-3-5-7/h1-6H,(H,11,12). The molecule has 0 fully saturated rings. The van der Waals surface area contributed by atoms with Crippen LogP contribution in [0, 0.1) is 0 Å². The number of H-pyrrole nitrogens is 1. The van der Waals surface area contributed by atoms with Gasteiger partial charge in [-0.05, 0) is 0 Å². The van der Waals surface area contributed by atoms with E-state index in [-0.39, 0.29) is 0 Å². The van der Waals surface area contributed by atoms with Crippen LogP contribution in [-0.2, 0) is 0 Å². The maximum Gasteiger partial charge on any atom is 0.124 e. The summed E-state index contributed by atoms with van der Waals surface area (Å²) in [4.78, 5) is 0. The molecule has 0 saturated heterocycles. The first-order valence-corrected chi connectivity index (χ1v) is 4.00. The smallest absolute Gasteiger partial charge is 0.124 e. The van der Waals surface area contributed by atoms with Gasteiger partial charge in [-0.1, -0.05) is 41.9 Å². The van der Waals surface area contributed by atoms with Gasteiger partial charge in [0.1, 0.15) is 5.15 Å². The van der Waals surface area contributed by atoms with Gasteiger partial charge in [0.05, 0.1) is 5.69 Å². The highest BCUT2D eigenvalue weighted by Gasteiger charge is 1.99. The molecule has 0 unspecified atom stereocenters. The molecule has 2 nitrogen and oxygen atoms in total. The third-order valence-corrected chi connectivity index (χ3v) is 1.81. The van der Waals surface area contributed by atoms with Crippen LogP contribution >= 0.6 is 11.6 Å². The van der Waals surface area contributed by atoms with E-state index in [0.29, 0.717) is 5.15 Å². The fourth-order valence-electron chi connectivity index (χ4n) is 1.06. The summed E-state index contributed by atoms with van der Waals surface area (Å²) < 4.78 is 0. The number of rotatable bonds is 1. The van der Waals surface area contributed by atoms with Crippen LogP contribution in [0.1, 0.15) is 0 Å². The zero-order valence-electron chi connectivity index (χ0n) is 6.29. The summed E-state index contributed by atoms with van der Waals surface area (Å²) in [5.41, 5.74) is 1.95. The Morgan fingerprint density at radius 1 is 1.17 bits per heavy atom. The Balaban J connectivity index is 2.45. The molecule has 60 valence electrons. The Morgan fingerprint density at radius 3 is 2.50 bits per heavy atom. The normalized spacial score (nSPS) is 10.1. The van der Waals surface area contributed by atoms with Crippen molar-refractivity contribution >= 4 is 11.6 Å². The number of aromatic nitrogens is 2. The molecule has 1 heterocycles. The molecule has 1 aromatic carbocycles. The van der Waals surface area contributed by atoms with Crippen molar-refractivity contribution < 1.29 is 0 Å². The van der Waals surface area contributed by atoms with E-state index in [2.05, 4.69) is 10.2 Å². The number of aromatic amines is 1. The van der Waals surface area contributed by atoms with Gasteiger partial charge in [-0.2, -0.15) is 5.10 Å². The molecule has 0 atom stereocenters. The lowest BCUT2D eigenvalue weighted by Gasteiger charge is -1.91. The minimum absolute atomic E-state index is 0.564. The summed E-state index contributed by atoms with van der Waals surface area (Å²) in [7, 11) is 0. The molecule has 0 spiro atoms. The van der Waals surface area contributed by atoms with Gasteiger partial charge in [0, 0.05) is 11.6 Å². The van der Waals surface area contributed by atoms with Crippen LogP contribution in [0.3, 0.4) is 0 Å². The lowest BCUT2D eigenvalue weighted by molar-refractivity contribution is 1.10. The predicted molar refractivity (Wildman–Crippen MR) is 49.0 cm³/mol. The molecule has 0 saturated carbocycles. The Kier molecular flexibility index (Phi) is 1.84. The summed E-state index contributed by atoms with van der Waals surface area (Å²) in [5.74, 6) is 0. The van der Waals surface area contributed by atoms with E-state index in [4.69, 9.17) is 11.6 Å². The van der Waals surface area contributed by atoms with Gasteiger partial charge in [-0.25, -0.2) is 0 Å². The Bertz CT molecular complexity index is 367. The molecule has 0 aliphatic carbocycles. The molecule has 2 aromatic rings. The molecule has 1 aromatic heterocycles. The van der Waals surface area contributed by atoms with Crippen molar-refractivity contribution in [3.05, 3.63) is 41.6 Å². The van der Waals surface area contributed by atoms with Crippen molar-refractivity contribution in [1.82, 2.24) is 10.2 Å². The quantitative estimate of drug-likeness (QED) is 0.715. The van der Waals surface area contributed by atoms with E-state index in [0.717, 1.165) is 11.3 Å². The summed E-state index contributed by atoms with van der Waals surface area (Å²) in [6.07, 6.45) is 0. The Labute approximate surface area is 75.2 Å². The van der Waals surface area contributed by atoms with E-state index in [1.54, 1.807) is 6.07 Å². The van der Waals surface area contributed by atoms with Crippen LogP contribution in [0.25, 0.3) is 11.3 Å². The van der Waals surface area contributed by atoms with Crippen molar-refractivity contribution in [3.8, 4) is 11.3 Å². The van der Waals surface area contributed by atoms with Crippen molar-refractivity contribution in [2.24, 2.45) is 0 Å². The lowest BCUT2D eigenvalue weighted by atomic mass is 10.2. The zero-order chi connectivity index (χ0) is 8.39. The van der Waals surface area contributed by atoms with Crippen LogP contribution in [0.2, 0.25) is 5.15 Å². The summed E-state index contributed by atoms with van der Waals surface area (Å²) in [6, 6.07) is 11.7. The second-order valence-corrected chi connectivity index (χ2v) is 2.87. The molecule has 0 radical (unpaired) electrons. The van der Waals surface area contributed by atoms with Gasteiger partial charge in [0.25, 0.3) is 0 Å². The van der Waals surface area contributed by atoms with Gasteiger partial charge in [-0.15, -0.1) is 0 Å². The maximum atomic E-state index is 5.69. The van der Waals surface area contributed by atoms with Gasteiger partial charge < -0.3 is 0 Å². The van der Waals surface area contributed by atoms with Crippen molar-refractivity contribution in [2.75, 3.05) is 0 Å². The van der Waals surface area contributed by atoms with Crippen LogP contribution in [0.15, 0.2) is 36.4 Å². The molecule has 12 heavy (non-hydrogen) atoms. The van der Waals surface area contributed by atoms with Crippen LogP contribution in [-0.4, -0.2) is 10.2 Å². The van der Waals surface area contributed by atoms with E-state index in [1.807, 2.05) is 30.3 Å². The average molecular weight is 179 g/mol. The Morgan fingerprint density at radius 2 is 1.92 bits per heavy atom. The minimum atomic E-state index is 0.564. The maximum absolute atomic E-state index is 5.69. The summed E-state index contributed by atoms with van der Waals surface area (Å²) in [5, 5.41) is 7.28.